The Bertz CT molecular complexity index is 1020. The number of Topliss-reactive ketones (excluding diaryl/α,β-unsaturated/α-hetero) is 1. The van der Waals surface area contributed by atoms with Crippen molar-refractivity contribution < 1.29 is 22.4 Å². The van der Waals surface area contributed by atoms with E-state index in [-0.39, 0.29) is 28.4 Å². The molecule has 146 valence electrons. The molecule has 3 rings (SSSR count). The van der Waals surface area contributed by atoms with Crippen LogP contribution in [-0.4, -0.2) is 12.7 Å². The van der Waals surface area contributed by atoms with E-state index in [0.29, 0.717) is 22.7 Å². The van der Waals surface area contributed by atoms with E-state index < -0.39 is 17.5 Å². The van der Waals surface area contributed by atoms with Crippen molar-refractivity contribution in [1.29, 1.82) is 0 Å². The smallest absolute Gasteiger partial charge is 0.0590 e. The van der Waals surface area contributed by atoms with Gasteiger partial charge in [0, 0.05) is 0 Å². The molecule has 3 nitrogen and oxygen atoms in total. The Morgan fingerprint density at radius 2 is 1.57 bits per heavy atom. The van der Waals surface area contributed by atoms with Gasteiger partial charge < -0.3 is 0 Å². The zero-order chi connectivity index (χ0) is 21.0. The molecule has 0 radical (unpaired) electrons. The third kappa shape index (κ3) is 4.35. The van der Waals surface area contributed by atoms with Crippen LogP contribution in [0, 0.1) is 24.4 Å². The molecule has 0 amide bonds. The number of hydrogen-bond acceptors (Lipinski definition) is 3. The molecule has 0 aliphatic carbocycles. The fourth-order valence-electron chi connectivity index (χ4n) is 2.70. The van der Waals surface area contributed by atoms with Crippen LogP contribution in [0.4, 0.5) is 18.9 Å². The summed E-state index contributed by atoms with van der Waals surface area (Å²) in [4.78, 5) is 11.6. The normalized spacial score (nSPS) is 10.2. The van der Waals surface area contributed by atoms with Crippen LogP contribution in [0.15, 0.2) is 34.8 Å². The van der Waals surface area contributed by atoms with Gasteiger partial charge in [-0.3, -0.25) is 0 Å². The van der Waals surface area contributed by atoms with Gasteiger partial charge in [-0.1, -0.05) is 20.3 Å². The number of halogens is 3. The molecule has 0 saturated carbocycles. The van der Waals surface area contributed by atoms with Gasteiger partial charge in [-0.25, -0.2) is 0 Å². The Hall–Kier alpha value is -2.83. The van der Waals surface area contributed by atoms with Gasteiger partial charge in [0.05, 0.1) is 0 Å². The predicted octanol–water partition coefficient (Wildman–Crippen LogP) is 5.88. The molecule has 0 atom stereocenters. The van der Waals surface area contributed by atoms with Crippen LogP contribution in [0.5, 0.6) is 0 Å². The summed E-state index contributed by atoms with van der Waals surface area (Å²) >= 11 is 0. The number of aryl methyl sites for hydroxylation is 1. The molecular formula is C21H21BF3NO2. The van der Waals surface area contributed by atoms with Gasteiger partial charge in [0.2, 0.25) is 0 Å². The topological polar surface area (TPSA) is 56.2 Å². The van der Waals surface area contributed by atoms with Crippen molar-refractivity contribution in [3.63, 3.8) is 0 Å². The summed E-state index contributed by atoms with van der Waals surface area (Å²) < 4.78 is 47.3. The number of anilines is 1. The molecule has 0 unspecified atom stereocenters. The second kappa shape index (κ2) is 8.91. The minimum Gasteiger partial charge on any atom is -0.0656 e. The average Bonchev–Trinajstić information content (AvgIpc) is 3.10. The van der Waals surface area contributed by atoms with Gasteiger partial charge in [-0.15, -0.1) is 0 Å². The third-order valence-electron chi connectivity index (χ3n) is 3.98. The molecule has 1 aromatic heterocycles. The fraction of sp³-hybridized carbons (Fsp3) is 0.238. The molecule has 0 saturated heterocycles. The largest absolute Gasteiger partial charge is 0.0656 e. The molecule has 2 aromatic carbocycles. The molecule has 0 fully saturated rings. The second-order valence-corrected chi connectivity index (χ2v) is 6.43. The standard InChI is InChI=1S/C18H13BF3NO2.C3H8/c1-8-3-11(12-5-16(23)15(22)6-14(12)21)13(20)4-10(8)18-17(9(2)24)19-7-25-18;1-3-2/h3-7H,23H2,1-2H3;3H2,1-2H3. The van der Waals surface area contributed by atoms with Crippen LogP contribution < -0.4 is 5.73 Å². The molecule has 2 N–H and O–H groups in total. The molecular weight excluding hydrogens is 366 g/mol. The third-order valence-corrected chi connectivity index (χ3v) is 3.98. The Morgan fingerprint density at radius 3 is 2.18 bits per heavy atom. The van der Waals surface area contributed by atoms with Crippen LogP contribution in [0.25, 0.3) is 22.5 Å². The van der Waals surface area contributed by atoms with E-state index in [1.807, 2.05) is 0 Å². The van der Waals surface area contributed by atoms with E-state index >= 15 is 0 Å². The van der Waals surface area contributed by atoms with Crippen molar-refractivity contribution in [3.8, 4) is 22.5 Å². The van der Waals surface area contributed by atoms with E-state index in [4.69, 9.17) is 10.2 Å². The first-order valence-corrected chi connectivity index (χ1v) is 8.85. The SMILES string of the molecule is CC(=O)c1bcoc1-c1cc(F)c(-c2cc(N)c(F)cc2F)cc1C.CCC. The Labute approximate surface area is 162 Å². The first kappa shape index (κ1) is 21.5. The summed E-state index contributed by atoms with van der Waals surface area (Å²) in [6.07, 6.45) is 2.59. The van der Waals surface area contributed by atoms with E-state index in [1.54, 1.807) is 6.92 Å². The van der Waals surface area contributed by atoms with Crippen LogP contribution >= 0.6 is 0 Å². The Kier molecular flexibility index (Phi) is 6.83. The van der Waals surface area contributed by atoms with Gasteiger partial charge in [0.1, 0.15) is 0 Å². The summed E-state index contributed by atoms with van der Waals surface area (Å²) in [7, 11) is 0. The fourth-order valence-corrected chi connectivity index (χ4v) is 2.70. The summed E-state index contributed by atoms with van der Waals surface area (Å²) in [6, 6.07) is 4.24. The van der Waals surface area contributed by atoms with Gasteiger partial charge in [0.25, 0.3) is 0 Å². The van der Waals surface area contributed by atoms with Crippen LogP contribution in [0.3, 0.4) is 0 Å². The number of nitrogen functional groups attached to an aromatic ring is 1. The monoisotopic (exact) mass is 387 g/mol. The van der Waals surface area contributed by atoms with E-state index in [0.717, 1.165) is 12.1 Å². The maximum Gasteiger partial charge on any atom is -0.0590 e. The molecule has 0 aliphatic heterocycles. The quantitative estimate of drug-likeness (QED) is 0.451. The number of ketones is 1. The van der Waals surface area contributed by atoms with Gasteiger partial charge in [-0.05, 0) is 0 Å². The molecule has 28 heavy (non-hydrogen) atoms. The Balaban J connectivity index is 0.000000878. The second-order valence-electron chi connectivity index (χ2n) is 6.43. The number of benzene rings is 2. The van der Waals surface area contributed by atoms with Crippen molar-refractivity contribution >= 4 is 18.4 Å². The minimum absolute atomic E-state index is 0.0543. The number of carbonyl (C=O) groups is 1. The maximum atomic E-state index is 14.6. The van der Waals surface area contributed by atoms with E-state index in [9.17, 15) is 18.0 Å². The van der Waals surface area contributed by atoms with Crippen molar-refractivity contribution in [2.75, 3.05) is 5.73 Å². The summed E-state index contributed by atoms with van der Waals surface area (Å²) in [5.41, 5.74) is 6.26. The zero-order valence-corrected chi connectivity index (χ0v) is 16.2. The minimum atomic E-state index is -0.917. The van der Waals surface area contributed by atoms with Gasteiger partial charge in [-0.2, -0.15) is 0 Å². The van der Waals surface area contributed by atoms with E-state index in [1.165, 1.54) is 32.5 Å². The first-order chi connectivity index (χ1) is 13.2. The average molecular weight is 387 g/mol. The predicted molar refractivity (Wildman–Crippen MR) is 106 cm³/mol. The molecule has 0 spiro atoms. The molecule has 0 bridgehead atoms. The summed E-state index contributed by atoms with van der Waals surface area (Å²) in [5.74, 6) is -2.53. The maximum absolute atomic E-state index is 14.6. The molecule has 3 aromatic rings. The summed E-state index contributed by atoms with van der Waals surface area (Å²) in [5, 5.41) is 0. The number of hydrogen-bond donors (Lipinski definition) is 1. The van der Waals surface area contributed by atoms with Crippen LogP contribution in [-0.2, 0) is 0 Å². The molecule has 0 aliphatic rings. The first-order valence-electron chi connectivity index (χ1n) is 8.85. The van der Waals surface area contributed by atoms with Gasteiger partial charge >= 0.3 is 142 Å². The number of carbonyl (C=O) groups excluding carboxylic acids is 1. The summed E-state index contributed by atoms with van der Waals surface area (Å²) in [6.45, 7) is 8.81. The van der Waals surface area contributed by atoms with Crippen molar-refractivity contribution in [2.45, 2.75) is 34.1 Å². The molecule has 1 heterocycles. The van der Waals surface area contributed by atoms with Crippen molar-refractivity contribution in [3.05, 3.63) is 58.9 Å². The number of rotatable bonds is 3. The Morgan fingerprint density at radius 1 is 1.00 bits per heavy atom. The van der Waals surface area contributed by atoms with Crippen molar-refractivity contribution in [1.82, 2.24) is 0 Å². The van der Waals surface area contributed by atoms with Gasteiger partial charge in [0.15, 0.2) is 0 Å². The van der Waals surface area contributed by atoms with Crippen LogP contribution in [0.1, 0.15) is 43.0 Å². The zero-order valence-electron chi connectivity index (χ0n) is 16.2. The molecule has 7 heteroatoms. The van der Waals surface area contributed by atoms with Crippen molar-refractivity contribution in [2.24, 2.45) is 0 Å². The van der Waals surface area contributed by atoms with Crippen LogP contribution in [0.2, 0.25) is 0 Å². The number of nitrogens with two attached hydrogens (primary N) is 1. The van der Waals surface area contributed by atoms with E-state index in [2.05, 4.69) is 13.8 Å².